The summed E-state index contributed by atoms with van der Waals surface area (Å²) in [6, 6.07) is 4.63. The first kappa shape index (κ1) is 15.9. The first-order valence-corrected chi connectivity index (χ1v) is 6.64. The Balaban J connectivity index is 2.54. The van der Waals surface area contributed by atoms with Crippen molar-refractivity contribution in [1.29, 1.82) is 0 Å². The number of benzene rings is 1. The topological polar surface area (TPSA) is 76.0 Å². The third kappa shape index (κ3) is 5.59. The number of aliphatic hydroxyl groups is 1. The molecule has 0 bridgehead atoms. The Morgan fingerprint density at radius 1 is 1.37 bits per heavy atom. The zero-order valence-corrected chi connectivity index (χ0v) is 12.4. The van der Waals surface area contributed by atoms with Crippen molar-refractivity contribution >= 4 is 21.9 Å². The maximum absolute atomic E-state index is 10.9. The molecule has 0 saturated heterocycles. The van der Waals surface area contributed by atoms with Crippen LogP contribution in [0.1, 0.15) is 24.2 Å². The highest BCUT2D eigenvalue weighted by Gasteiger charge is 2.11. The lowest BCUT2D eigenvalue weighted by molar-refractivity contribution is -0.0123. The number of ether oxygens (including phenoxy) is 2. The summed E-state index contributed by atoms with van der Waals surface area (Å²) >= 11 is 3.15. The van der Waals surface area contributed by atoms with Crippen LogP contribution in [0.2, 0.25) is 0 Å². The van der Waals surface area contributed by atoms with E-state index in [2.05, 4.69) is 15.9 Å². The van der Waals surface area contributed by atoms with Gasteiger partial charge in [0.1, 0.15) is 18.5 Å². The third-order valence-electron chi connectivity index (χ3n) is 2.23. The molecule has 19 heavy (non-hydrogen) atoms. The van der Waals surface area contributed by atoms with Gasteiger partial charge in [-0.2, -0.15) is 0 Å². The average Bonchev–Trinajstić information content (AvgIpc) is 2.35. The van der Waals surface area contributed by atoms with Crippen molar-refractivity contribution in [1.82, 2.24) is 0 Å². The van der Waals surface area contributed by atoms with Crippen molar-refractivity contribution in [2.45, 2.75) is 26.1 Å². The molecular formula is C13H17BrO5. The summed E-state index contributed by atoms with van der Waals surface area (Å²) in [4.78, 5) is 10.9. The molecule has 1 atom stereocenters. The summed E-state index contributed by atoms with van der Waals surface area (Å²) in [5.41, 5.74) is 0.116. The number of rotatable bonds is 7. The fourth-order valence-electron chi connectivity index (χ4n) is 1.30. The van der Waals surface area contributed by atoms with E-state index >= 15 is 0 Å². The minimum atomic E-state index is -1.04. The summed E-state index contributed by atoms with van der Waals surface area (Å²) in [6.07, 6.45) is -0.708. The Hall–Kier alpha value is -1.11. The smallest absolute Gasteiger partial charge is 0.336 e. The highest BCUT2D eigenvalue weighted by molar-refractivity contribution is 9.10. The SMILES string of the molecule is CC(C)OCC(O)COc1ccc(Br)c(C(=O)O)c1. The lowest BCUT2D eigenvalue weighted by atomic mass is 10.2. The van der Waals surface area contributed by atoms with Crippen molar-refractivity contribution in [2.24, 2.45) is 0 Å². The maximum Gasteiger partial charge on any atom is 0.336 e. The molecule has 1 aromatic carbocycles. The van der Waals surface area contributed by atoms with Crippen LogP contribution in [0, 0.1) is 0 Å². The van der Waals surface area contributed by atoms with Crippen LogP contribution < -0.4 is 4.74 Å². The van der Waals surface area contributed by atoms with E-state index in [-0.39, 0.29) is 24.9 Å². The van der Waals surface area contributed by atoms with Gasteiger partial charge in [0.15, 0.2) is 0 Å². The quantitative estimate of drug-likeness (QED) is 0.801. The van der Waals surface area contributed by atoms with Crippen LogP contribution in [0.25, 0.3) is 0 Å². The molecule has 2 N–H and O–H groups in total. The molecule has 0 aliphatic carbocycles. The summed E-state index contributed by atoms with van der Waals surface area (Å²) in [6.45, 7) is 3.98. The van der Waals surface area contributed by atoms with Gasteiger partial charge in [0.25, 0.3) is 0 Å². The second-order valence-corrected chi connectivity index (χ2v) is 5.15. The molecule has 0 heterocycles. The Morgan fingerprint density at radius 2 is 2.05 bits per heavy atom. The molecule has 1 rings (SSSR count). The van der Waals surface area contributed by atoms with Crippen molar-refractivity contribution < 1.29 is 24.5 Å². The standard InChI is InChI=1S/C13H17BrO5/c1-8(2)18-6-9(15)7-19-10-3-4-12(14)11(5-10)13(16)17/h3-5,8-9,15H,6-7H2,1-2H3,(H,16,17). The lowest BCUT2D eigenvalue weighted by Gasteiger charge is -2.14. The fourth-order valence-corrected chi connectivity index (χ4v) is 1.72. The molecule has 0 spiro atoms. The number of aromatic carboxylic acids is 1. The molecule has 1 aromatic rings. The van der Waals surface area contributed by atoms with Crippen LogP contribution >= 0.6 is 15.9 Å². The highest BCUT2D eigenvalue weighted by atomic mass is 79.9. The first-order chi connectivity index (χ1) is 8.90. The largest absolute Gasteiger partial charge is 0.491 e. The van der Waals surface area contributed by atoms with E-state index in [1.807, 2.05) is 13.8 Å². The molecule has 0 fully saturated rings. The number of aliphatic hydroxyl groups excluding tert-OH is 1. The Bertz CT molecular complexity index is 433. The van der Waals surface area contributed by atoms with Gasteiger partial charge in [0.2, 0.25) is 0 Å². The monoisotopic (exact) mass is 332 g/mol. The van der Waals surface area contributed by atoms with Crippen LogP contribution in [-0.2, 0) is 4.74 Å². The van der Waals surface area contributed by atoms with Gasteiger partial charge < -0.3 is 19.7 Å². The number of hydrogen-bond acceptors (Lipinski definition) is 4. The van der Waals surface area contributed by atoms with Gasteiger partial charge in [-0.15, -0.1) is 0 Å². The van der Waals surface area contributed by atoms with Gasteiger partial charge in [-0.25, -0.2) is 4.79 Å². The van der Waals surface area contributed by atoms with Gasteiger partial charge in [0, 0.05) is 4.47 Å². The molecular weight excluding hydrogens is 316 g/mol. The predicted octanol–water partition coefficient (Wildman–Crippen LogP) is 2.31. The first-order valence-electron chi connectivity index (χ1n) is 5.85. The van der Waals surface area contributed by atoms with Crippen LogP contribution in [0.5, 0.6) is 5.75 Å². The van der Waals surface area contributed by atoms with Crippen LogP contribution in [-0.4, -0.2) is 41.6 Å². The normalized spacial score (nSPS) is 12.5. The lowest BCUT2D eigenvalue weighted by Crippen LogP contribution is -2.25. The van der Waals surface area contributed by atoms with Crippen molar-refractivity contribution in [3.8, 4) is 5.75 Å². The van der Waals surface area contributed by atoms with E-state index in [4.69, 9.17) is 14.6 Å². The maximum atomic E-state index is 10.9. The Labute approximate surface area is 120 Å². The minimum Gasteiger partial charge on any atom is -0.491 e. The van der Waals surface area contributed by atoms with E-state index in [9.17, 15) is 9.90 Å². The molecule has 6 heteroatoms. The minimum absolute atomic E-state index is 0.0425. The molecule has 106 valence electrons. The summed E-state index contributed by atoms with van der Waals surface area (Å²) in [5, 5.41) is 18.6. The molecule has 0 radical (unpaired) electrons. The van der Waals surface area contributed by atoms with Crippen molar-refractivity contribution in [2.75, 3.05) is 13.2 Å². The number of hydrogen-bond donors (Lipinski definition) is 2. The van der Waals surface area contributed by atoms with E-state index in [0.717, 1.165) is 0 Å². The van der Waals surface area contributed by atoms with Crippen molar-refractivity contribution in [3.05, 3.63) is 28.2 Å². The molecule has 1 unspecified atom stereocenters. The fraction of sp³-hybridized carbons (Fsp3) is 0.462. The number of carboxylic acid groups (broad SMARTS) is 1. The molecule has 0 aliphatic rings. The van der Waals surface area contributed by atoms with E-state index in [0.29, 0.717) is 10.2 Å². The summed E-state index contributed by atoms with van der Waals surface area (Å²) in [5.74, 6) is -0.648. The molecule has 0 aromatic heterocycles. The van der Waals surface area contributed by atoms with Gasteiger partial charge in [-0.05, 0) is 48.0 Å². The molecule has 0 aliphatic heterocycles. The van der Waals surface area contributed by atoms with Crippen LogP contribution in [0.4, 0.5) is 0 Å². The Morgan fingerprint density at radius 3 is 2.63 bits per heavy atom. The summed E-state index contributed by atoms with van der Waals surface area (Å²) < 4.78 is 11.1. The Kier molecular flexibility index (Phi) is 6.27. The molecule has 0 amide bonds. The highest BCUT2D eigenvalue weighted by Crippen LogP contribution is 2.22. The van der Waals surface area contributed by atoms with Gasteiger partial charge in [0.05, 0.1) is 18.3 Å². The second-order valence-electron chi connectivity index (χ2n) is 4.29. The predicted molar refractivity (Wildman–Crippen MR) is 73.7 cm³/mol. The van der Waals surface area contributed by atoms with Gasteiger partial charge >= 0.3 is 5.97 Å². The van der Waals surface area contributed by atoms with Crippen LogP contribution in [0.15, 0.2) is 22.7 Å². The van der Waals surface area contributed by atoms with Crippen LogP contribution in [0.3, 0.4) is 0 Å². The summed E-state index contributed by atoms with van der Waals surface area (Å²) in [7, 11) is 0. The molecule has 0 saturated carbocycles. The number of carboxylic acids is 1. The van der Waals surface area contributed by atoms with E-state index < -0.39 is 12.1 Å². The zero-order chi connectivity index (χ0) is 14.4. The number of carbonyl (C=O) groups is 1. The third-order valence-corrected chi connectivity index (χ3v) is 2.92. The van der Waals surface area contributed by atoms with Gasteiger partial charge in [-0.1, -0.05) is 0 Å². The molecule has 5 nitrogen and oxygen atoms in total. The van der Waals surface area contributed by atoms with Crippen molar-refractivity contribution in [3.63, 3.8) is 0 Å². The number of halogens is 1. The zero-order valence-electron chi connectivity index (χ0n) is 10.8. The van der Waals surface area contributed by atoms with E-state index in [1.165, 1.54) is 6.07 Å². The van der Waals surface area contributed by atoms with Gasteiger partial charge in [-0.3, -0.25) is 0 Å². The average molecular weight is 333 g/mol. The van der Waals surface area contributed by atoms with E-state index in [1.54, 1.807) is 12.1 Å². The second kappa shape index (κ2) is 7.47.